The maximum atomic E-state index is 12.8. The lowest BCUT2D eigenvalue weighted by molar-refractivity contribution is -0.384. The highest BCUT2D eigenvalue weighted by Crippen LogP contribution is 2.47. The van der Waals surface area contributed by atoms with Crippen LogP contribution in [0.1, 0.15) is 86.6 Å². The molecule has 1 N–H and O–H groups in total. The molecule has 1 aliphatic carbocycles. The molecule has 1 saturated heterocycles. The number of aromatic nitrogens is 1. The lowest BCUT2D eigenvalue weighted by Crippen LogP contribution is -2.37. The molecule has 5 rings (SSSR count). The lowest BCUT2D eigenvalue weighted by atomic mass is 9.63. The van der Waals surface area contributed by atoms with Crippen LogP contribution in [0.3, 0.4) is 0 Å². The highest BCUT2D eigenvalue weighted by molar-refractivity contribution is 7.10. The fourth-order valence-electron chi connectivity index (χ4n) is 6.18. The lowest BCUT2D eigenvalue weighted by Gasteiger charge is -2.42. The van der Waals surface area contributed by atoms with Crippen molar-refractivity contribution in [2.75, 3.05) is 18.4 Å². The van der Waals surface area contributed by atoms with Gasteiger partial charge in [0.05, 0.1) is 15.6 Å². The fourth-order valence-corrected chi connectivity index (χ4v) is 7.18. The molecule has 1 aliphatic heterocycles. The molecule has 0 saturated carbocycles. The first-order valence-electron chi connectivity index (χ1n) is 14.9. The summed E-state index contributed by atoms with van der Waals surface area (Å²) in [5.41, 5.74) is 6.90. The number of nitro groups is 1. The van der Waals surface area contributed by atoms with Crippen LogP contribution in [-0.4, -0.2) is 39.7 Å². The summed E-state index contributed by atoms with van der Waals surface area (Å²) in [6.45, 7) is 14.1. The van der Waals surface area contributed by atoms with E-state index in [4.69, 9.17) is 4.98 Å². The van der Waals surface area contributed by atoms with E-state index in [9.17, 15) is 19.7 Å². The minimum atomic E-state index is -0.584. The van der Waals surface area contributed by atoms with Gasteiger partial charge in [0, 0.05) is 48.2 Å². The van der Waals surface area contributed by atoms with Gasteiger partial charge in [0.25, 0.3) is 5.69 Å². The molecule has 9 heteroatoms. The molecule has 2 amide bonds. The van der Waals surface area contributed by atoms with Gasteiger partial charge in [-0.2, -0.15) is 0 Å². The quantitative estimate of drug-likeness (QED) is 0.178. The molecule has 0 spiro atoms. The summed E-state index contributed by atoms with van der Waals surface area (Å²) in [4.78, 5) is 42.9. The van der Waals surface area contributed by atoms with Gasteiger partial charge in [-0.25, -0.2) is 4.98 Å². The summed E-state index contributed by atoms with van der Waals surface area (Å²) in [6, 6.07) is 9.86. The predicted molar refractivity (Wildman–Crippen MR) is 172 cm³/mol. The van der Waals surface area contributed by atoms with Crippen LogP contribution in [0.4, 0.5) is 11.4 Å². The Bertz CT molecular complexity index is 1610. The summed E-state index contributed by atoms with van der Waals surface area (Å²) in [5.74, 6) is -0.546. The standard InChI is InChI=1S/C34H40N4O4S/c1-21-17-27(29(38(41)42)18-22(21)2)35-30(39)9-10-31(40)37-15-11-23(12-16-37)32-36-28(20-43-32)24-7-8-25-26(19-24)34(5,6)14-13-33(25,3)4/h7-10,17-20,23H,11-16H2,1-6H3,(H,35,39)/b10-9+. The number of piperidine rings is 1. The van der Waals surface area contributed by atoms with Crippen molar-refractivity contribution in [2.24, 2.45) is 0 Å². The Morgan fingerprint density at radius 3 is 2.33 bits per heavy atom. The van der Waals surface area contributed by atoms with Crippen LogP contribution in [0.25, 0.3) is 11.3 Å². The molecule has 43 heavy (non-hydrogen) atoms. The molecule has 2 aliphatic rings. The molecule has 0 bridgehead atoms. The second kappa shape index (κ2) is 11.7. The zero-order valence-corrected chi connectivity index (χ0v) is 26.6. The van der Waals surface area contributed by atoms with Crippen LogP contribution in [0.5, 0.6) is 0 Å². The smallest absolute Gasteiger partial charge is 0.293 e. The van der Waals surface area contributed by atoms with Crippen LogP contribution in [0.15, 0.2) is 47.9 Å². The zero-order chi connectivity index (χ0) is 31.1. The number of amides is 2. The van der Waals surface area contributed by atoms with E-state index in [2.05, 4.69) is 56.6 Å². The average Bonchev–Trinajstić information content (AvgIpc) is 3.46. The van der Waals surface area contributed by atoms with Gasteiger partial charge < -0.3 is 10.2 Å². The normalized spacial score (nSPS) is 18.0. The third kappa shape index (κ3) is 6.42. The summed E-state index contributed by atoms with van der Waals surface area (Å²) in [7, 11) is 0. The molecule has 1 aromatic heterocycles. The van der Waals surface area contributed by atoms with E-state index in [-0.39, 0.29) is 34.0 Å². The van der Waals surface area contributed by atoms with Crippen molar-refractivity contribution in [2.45, 2.75) is 84.0 Å². The minimum absolute atomic E-state index is 0.113. The number of aryl methyl sites for hydroxylation is 2. The van der Waals surface area contributed by atoms with Crippen LogP contribution in [-0.2, 0) is 20.4 Å². The number of nitrogens with one attached hydrogen (secondary N) is 1. The summed E-state index contributed by atoms with van der Waals surface area (Å²) in [5, 5.41) is 17.2. The molecule has 226 valence electrons. The largest absolute Gasteiger partial charge is 0.339 e. The Morgan fingerprint density at radius 1 is 1.00 bits per heavy atom. The molecule has 1 fully saturated rings. The van der Waals surface area contributed by atoms with Crippen molar-refractivity contribution in [1.29, 1.82) is 0 Å². The van der Waals surface area contributed by atoms with E-state index in [1.165, 1.54) is 36.1 Å². The first-order valence-corrected chi connectivity index (χ1v) is 15.8. The van der Waals surface area contributed by atoms with Gasteiger partial charge in [-0.3, -0.25) is 19.7 Å². The van der Waals surface area contributed by atoms with E-state index in [0.29, 0.717) is 13.1 Å². The Labute approximate surface area is 257 Å². The third-order valence-electron chi connectivity index (χ3n) is 9.27. The number of anilines is 1. The number of carbonyl (C=O) groups is 2. The van der Waals surface area contributed by atoms with Gasteiger partial charge in [-0.1, -0.05) is 39.8 Å². The van der Waals surface area contributed by atoms with Crippen LogP contribution >= 0.6 is 11.3 Å². The third-order valence-corrected chi connectivity index (χ3v) is 10.3. The maximum Gasteiger partial charge on any atom is 0.293 e. The maximum absolute atomic E-state index is 12.8. The highest BCUT2D eigenvalue weighted by atomic mass is 32.1. The van der Waals surface area contributed by atoms with Gasteiger partial charge in [-0.05, 0) is 84.7 Å². The highest BCUT2D eigenvalue weighted by Gasteiger charge is 2.37. The van der Waals surface area contributed by atoms with Crippen molar-refractivity contribution >= 4 is 34.5 Å². The van der Waals surface area contributed by atoms with Crippen LogP contribution in [0, 0.1) is 24.0 Å². The van der Waals surface area contributed by atoms with Crippen LogP contribution in [0.2, 0.25) is 0 Å². The topological polar surface area (TPSA) is 105 Å². The SMILES string of the molecule is Cc1cc(NC(=O)/C=C/C(=O)N2CCC(c3nc(-c4ccc5c(c4)C(C)(C)CCC5(C)C)cs3)CC2)c([N+](=O)[O-])cc1C. The van der Waals surface area contributed by atoms with Crippen LogP contribution < -0.4 is 5.32 Å². The number of carbonyl (C=O) groups excluding carboxylic acids is 2. The summed E-state index contributed by atoms with van der Waals surface area (Å²) < 4.78 is 0. The van der Waals surface area contributed by atoms with E-state index in [1.54, 1.807) is 29.2 Å². The number of hydrogen-bond donors (Lipinski definition) is 1. The number of hydrogen-bond acceptors (Lipinski definition) is 6. The summed E-state index contributed by atoms with van der Waals surface area (Å²) >= 11 is 1.69. The van der Waals surface area contributed by atoms with Crippen molar-refractivity contribution in [3.05, 3.63) is 85.2 Å². The number of likely N-dealkylation sites (tertiary alicyclic amines) is 1. The van der Waals surface area contributed by atoms with Crippen molar-refractivity contribution in [3.63, 3.8) is 0 Å². The zero-order valence-electron chi connectivity index (χ0n) is 25.8. The second-order valence-corrected chi connectivity index (χ2v) is 14.1. The van der Waals surface area contributed by atoms with Gasteiger partial charge >= 0.3 is 0 Å². The monoisotopic (exact) mass is 600 g/mol. The molecule has 8 nitrogen and oxygen atoms in total. The number of fused-ring (bicyclic) bond motifs is 1. The second-order valence-electron chi connectivity index (χ2n) is 13.2. The molecule has 2 aromatic carbocycles. The molecular formula is C34H40N4O4S. The van der Waals surface area contributed by atoms with Crippen molar-refractivity contribution in [3.8, 4) is 11.3 Å². The van der Waals surface area contributed by atoms with Gasteiger partial charge in [0.1, 0.15) is 5.69 Å². The van der Waals surface area contributed by atoms with E-state index in [1.807, 2.05) is 6.92 Å². The number of thiazole rings is 1. The fraction of sp³-hybridized carbons (Fsp3) is 0.441. The minimum Gasteiger partial charge on any atom is -0.339 e. The molecule has 0 radical (unpaired) electrons. The van der Waals surface area contributed by atoms with Gasteiger partial charge in [0.15, 0.2) is 0 Å². The molecule has 0 unspecified atom stereocenters. The Hall–Kier alpha value is -3.85. The number of nitro benzene ring substituents is 1. The number of nitrogens with zero attached hydrogens (tertiary/aromatic N) is 3. The van der Waals surface area contributed by atoms with Gasteiger partial charge in [0.2, 0.25) is 11.8 Å². The summed E-state index contributed by atoms with van der Waals surface area (Å²) in [6.07, 6.45) is 6.35. The first kappa shape index (κ1) is 30.6. The molecular weight excluding hydrogens is 560 g/mol. The Morgan fingerprint density at radius 2 is 1.65 bits per heavy atom. The van der Waals surface area contributed by atoms with E-state index >= 15 is 0 Å². The van der Waals surface area contributed by atoms with Gasteiger partial charge in [-0.15, -0.1) is 11.3 Å². The number of benzene rings is 2. The Balaban J connectivity index is 1.19. The molecule has 0 atom stereocenters. The van der Waals surface area contributed by atoms with Crippen molar-refractivity contribution < 1.29 is 14.5 Å². The predicted octanol–water partition coefficient (Wildman–Crippen LogP) is 7.59. The van der Waals surface area contributed by atoms with E-state index < -0.39 is 10.8 Å². The average molecular weight is 601 g/mol. The van der Waals surface area contributed by atoms with Crippen molar-refractivity contribution in [1.82, 2.24) is 9.88 Å². The molecule has 3 aromatic rings. The molecule has 2 heterocycles. The Kier molecular flexibility index (Phi) is 8.31. The number of rotatable bonds is 6. The van der Waals surface area contributed by atoms with E-state index in [0.717, 1.165) is 46.3 Å². The first-order chi connectivity index (χ1) is 20.2.